The lowest BCUT2D eigenvalue weighted by Gasteiger charge is -2.54. The Labute approximate surface area is 124 Å². The first-order valence-corrected chi connectivity index (χ1v) is 8.96. The Balaban J connectivity index is 1.80. The molecule has 0 radical (unpaired) electrons. The number of fused-ring (bicyclic) bond motifs is 5. The van der Waals surface area contributed by atoms with Crippen molar-refractivity contribution in [3.63, 3.8) is 0 Å². The Bertz CT molecular complexity index is 482. The minimum atomic E-state index is 0.435. The predicted molar refractivity (Wildman–Crippen MR) is 85.5 cm³/mol. The van der Waals surface area contributed by atoms with Gasteiger partial charge >= 0.3 is 0 Å². The molecule has 2 saturated carbocycles. The fourth-order valence-corrected chi connectivity index (χ4v) is 6.48. The summed E-state index contributed by atoms with van der Waals surface area (Å²) in [6.07, 6.45) is 16.7. The van der Waals surface area contributed by atoms with Crippen molar-refractivity contribution in [1.82, 2.24) is 0 Å². The second-order valence-corrected chi connectivity index (χ2v) is 8.64. The van der Waals surface area contributed by atoms with Gasteiger partial charge in [0.15, 0.2) is 0 Å². The molecule has 20 heavy (non-hydrogen) atoms. The van der Waals surface area contributed by atoms with E-state index in [-0.39, 0.29) is 0 Å². The Morgan fingerprint density at radius 1 is 1.05 bits per heavy atom. The molecule has 110 valence electrons. The number of rotatable bonds is 0. The van der Waals surface area contributed by atoms with Crippen LogP contribution in [0, 0.1) is 28.6 Å². The molecule has 0 heteroatoms. The number of hydrogen-bond donors (Lipinski definition) is 0. The van der Waals surface area contributed by atoms with Crippen LogP contribution in [-0.4, -0.2) is 0 Å². The molecular formula is C20H30. The molecule has 0 aliphatic heterocycles. The highest BCUT2D eigenvalue weighted by atomic mass is 14.6. The Morgan fingerprint density at radius 3 is 2.75 bits per heavy atom. The van der Waals surface area contributed by atoms with Gasteiger partial charge in [0.2, 0.25) is 0 Å². The van der Waals surface area contributed by atoms with Crippen LogP contribution in [0.4, 0.5) is 0 Å². The van der Waals surface area contributed by atoms with Crippen molar-refractivity contribution in [2.75, 3.05) is 0 Å². The smallest absolute Gasteiger partial charge is 0.00978 e. The normalized spacial score (nSPS) is 50.6. The van der Waals surface area contributed by atoms with Crippen molar-refractivity contribution in [2.24, 2.45) is 28.6 Å². The molecular weight excluding hydrogens is 240 g/mol. The zero-order valence-corrected chi connectivity index (χ0v) is 13.5. The van der Waals surface area contributed by atoms with Crippen LogP contribution in [0.5, 0.6) is 0 Å². The van der Waals surface area contributed by atoms with E-state index in [0.29, 0.717) is 10.8 Å². The zero-order valence-electron chi connectivity index (χ0n) is 13.5. The molecule has 0 aromatic rings. The Morgan fingerprint density at radius 2 is 1.90 bits per heavy atom. The van der Waals surface area contributed by atoms with Gasteiger partial charge in [0.1, 0.15) is 0 Å². The average Bonchev–Trinajstić information content (AvgIpc) is 2.81. The van der Waals surface area contributed by atoms with E-state index < -0.39 is 0 Å². The maximum Gasteiger partial charge on any atom is 0.00978 e. The minimum absolute atomic E-state index is 0.435. The van der Waals surface area contributed by atoms with Crippen LogP contribution in [0.15, 0.2) is 23.3 Å². The van der Waals surface area contributed by atoms with Crippen LogP contribution in [0.3, 0.4) is 0 Å². The third-order valence-corrected chi connectivity index (χ3v) is 7.49. The first-order valence-electron chi connectivity index (χ1n) is 8.96. The molecule has 0 aromatic carbocycles. The van der Waals surface area contributed by atoms with E-state index in [4.69, 9.17) is 0 Å². The molecule has 0 heterocycles. The summed E-state index contributed by atoms with van der Waals surface area (Å²) >= 11 is 0. The van der Waals surface area contributed by atoms with Gasteiger partial charge < -0.3 is 0 Å². The van der Waals surface area contributed by atoms with Crippen molar-refractivity contribution >= 4 is 0 Å². The SMILES string of the molecule is C[C@H]1C[C@@H]2C(=CC[C@]3(C)CCC[C@@H]23)[C@@]2(C)CCCC=C12. The van der Waals surface area contributed by atoms with Gasteiger partial charge in [-0.2, -0.15) is 0 Å². The summed E-state index contributed by atoms with van der Waals surface area (Å²) in [7, 11) is 0. The quantitative estimate of drug-likeness (QED) is 0.481. The first kappa shape index (κ1) is 13.2. The van der Waals surface area contributed by atoms with Crippen molar-refractivity contribution in [3.05, 3.63) is 23.3 Å². The van der Waals surface area contributed by atoms with Gasteiger partial charge in [-0.15, -0.1) is 0 Å². The molecule has 0 nitrogen and oxygen atoms in total. The monoisotopic (exact) mass is 270 g/mol. The van der Waals surface area contributed by atoms with Crippen molar-refractivity contribution in [3.8, 4) is 0 Å². The third-order valence-electron chi connectivity index (χ3n) is 7.49. The van der Waals surface area contributed by atoms with Crippen LogP contribution in [0.25, 0.3) is 0 Å². The van der Waals surface area contributed by atoms with Crippen LogP contribution in [0.2, 0.25) is 0 Å². The molecule has 0 unspecified atom stereocenters. The highest BCUT2D eigenvalue weighted by Crippen LogP contribution is 2.64. The summed E-state index contributed by atoms with van der Waals surface area (Å²) in [5, 5.41) is 0. The van der Waals surface area contributed by atoms with Crippen LogP contribution < -0.4 is 0 Å². The van der Waals surface area contributed by atoms with E-state index in [1.165, 1.54) is 51.4 Å². The van der Waals surface area contributed by atoms with Crippen LogP contribution in [-0.2, 0) is 0 Å². The topological polar surface area (TPSA) is 0 Å². The molecule has 0 saturated heterocycles. The summed E-state index contributed by atoms with van der Waals surface area (Å²) in [6.45, 7) is 7.66. The molecule has 0 bridgehead atoms. The summed E-state index contributed by atoms with van der Waals surface area (Å²) in [4.78, 5) is 0. The standard InChI is InChI=1S/C20H30/c1-14-13-15-17-8-6-10-19(17,2)12-9-18(15)20(3)11-5-4-7-16(14)20/h7,9,14-15,17H,4-6,8,10-13H2,1-3H3/t14-,15-,17-,19-,20-/m0/s1. The van der Waals surface area contributed by atoms with Gasteiger partial charge in [0.05, 0.1) is 0 Å². The van der Waals surface area contributed by atoms with Gasteiger partial charge in [-0.05, 0) is 68.1 Å². The van der Waals surface area contributed by atoms with Gasteiger partial charge in [-0.3, -0.25) is 0 Å². The molecule has 4 aliphatic carbocycles. The second-order valence-electron chi connectivity index (χ2n) is 8.64. The largest absolute Gasteiger partial charge is 0.0842 e. The molecule has 4 rings (SSSR count). The fourth-order valence-electron chi connectivity index (χ4n) is 6.48. The van der Waals surface area contributed by atoms with Crippen LogP contribution in [0.1, 0.15) is 72.1 Å². The second kappa shape index (κ2) is 4.24. The maximum absolute atomic E-state index is 2.71. The van der Waals surface area contributed by atoms with E-state index in [1.807, 2.05) is 5.57 Å². The lowest BCUT2D eigenvalue weighted by Crippen LogP contribution is -2.44. The number of allylic oxidation sites excluding steroid dienone is 4. The van der Waals surface area contributed by atoms with E-state index >= 15 is 0 Å². The molecule has 0 N–H and O–H groups in total. The maximum atomic E-state index is 2.71. The van der Waals surface area contributed by atoms with E-state index in [1.54, 1.807) is 5.57 Å². The highest BCUT2D eigenvalue weighted by Gasteiger charge is 2.53. The molecule has 0 spiro atoms. The predicted octanol–water partition coefficient (Wildman–Crippen LogP) is 5.90. The third kappa shape index (κ3) is 1.60. The van der Waals surface area contributed by atoms with Crippen molar-refractivity contribution in [2.45, 2.75) is 72.1 Å². The van der Waals surface area contributed by atoms with Gasteiger partial charge in [-0.1, -0.05) is 50.5 Å². The lowest BCUT2D eigenvalue weighted by atomic mass is 9.50. The lowest BCUT2D eigenvalue weighted by molar-refractivity contribution is 0.106. The van der Waals surface area contributed by atoms with Crippen molar-refractivity contribution in [1.29, 1.82) is 0 Å². The molecule has 0 aromatic heterocycles. The van der Waals surface area contributed by atoms with E-state index in [9.17, 15) is 0 Å². The molecule has 4 aliphatic rings. The summed E-state index contributed by atoms with van der Waals surface area (Å²) in [6, 6.07) is 0. The highest BCUT2D eigenvalue weighted by molar-refractivity contribution is 5.39. The zero-order chi connectivity index (χ0) is 14.0. The van der Waals surface area contributed by atoms with Gasteiger partial charge in [0, 0.05) is 5.41 Å². The average molecular weight is 270 g/mol. The minimum Gasteiger partial charge on any atom is -0.0842 e. The molecule has 0 amide bonds. The number of hydrogen-bond acceptors (Lipinski definition) is 0. The summed E-state index contributed by atoms with van der Waals surface area (Å²) < 4.78 is 0. The molecule has 2 fully saturated rings. The fraction of sp³-hybridized carbons (Fsp3) is 0.800. The van der Waals surface area contributed by atoms with E-state index in [2.05, 4.69) is 32.9 Å². The van der Waals surface area contributed by atoms with E-state index in [0.717, 1.165) is 17.8 Å². The summed E-state index contributed by atoms with van der Waals surface area (Å²) in [5.74, 6) is 2.72. The van der Waals surface area contributed by atoms with Crippen molar-refractivity contribution < 1.29 is 0 Å². The van der Waals surface area contributed by atoms with Gasteiger partial charge in [-0.25, -0.2) is 0 Å². The molecule has 5 atom stereocenters. The Kier molecular flexibility index (Phi) is 2.79. The first-order chi connectivity index (χ1) is 9.55. The summed E-state index contributed by atoms with van der Waals surface area (Å²) in [5.41, 5.74) is 4.74. The Hall–Kier alpha value is -0.520. The van der Waals surface area contributed by atoms with Gasteiger partial charge in [0.25, 0.3) is 0 Å². The van der Waals surface area contributed by atoms with Crippen LogP contribution >= 0.6 is 0 Å².